The van der Waals surface area contributed by atoms with Crippen molar-refractivity contribution >= 4 is 18.5 Å². The minimum absolute atomic E-state index is 0.150. The zero-order valence-corrected chi connectivity index (χ0v) is 12.1. The summed E-state index contributed by atoms with van der Waals surface area (Å²) in [5.74, 6) is 0.150. The van der Waals surface area contributed by atoms with Crippen LogP contribution in [-0.4, -0.2) is 47.9 Å². The number of thiol groups is 1. The summed E-state index contributed by atoms with van der Waals surface area (Å²) >= 11 is 4.31. The summed E-state index contributed by atoms with van der Waals surface area (Å²) in [5, 5.41) is 0. The van der Waals surface area contributed by atoms with Gasteiger partial charge in [0.05, 0.1) is 0 Å². The first kappa shape index (κ1) is 13.0. The van der Waals surface area contributed by atoms with Crippen LogP contribution in [0.4, 0.5) is 0 Å². The average molecular weight is 276 g/mol. The van der Waals surface area contributed by atoms with Gasteiger partial charge in [0, 0.05) is 35.6 Å². The number of carbonyl (C=O) groups is 1. The van der Waals surface area contributed by atoms with Gasteiger partial charge in [0.1, 0.15) is 0 Å². The predicted octanol–water partition coefficient (Wildman–Crippen LogP) is 2.28. The van der Waals surface area contributed by atoms with Crippen LogP contribution < -0.4 is 0 Å². The smallest absolute Gasteiger partial charge is 0.253 e. The molecule has 1 aromatic rings. The first-order valence-corrected chi connectivity index (χ1v) is 7.40. The molecule has 2 saturated heterocycles. The van der Waals surface area contributed by atoms with Gasteiger partial charge in [-0.1, -0.05) is 6.07 Å². The largest absolute Gasteiger partial charge is 0.337 e. The van der Waals surface area contributed by atoms with Gasteiger partial charge < -0.3 is 4.90 Å². The second-order valence-corrected chi connectivity index (χ2v) is 6.16. The lowest BCUT2D eigenvalue weighted by atomic mass is 10.1. The summed E-state index contributed by atoms with van der Waals surface area (Å²) in [6.45, 7) is 1.74. The van der Waals surface area contributed by atoms with Crippen LogP contribution in [0.1, 0.15) is 29.6 Å². The maximum absolute atomic E-state index is 12.6. The SMILES string of the molecule is CN1C2CCC1CN(C(=O)c1cccc(S)c1)CC2. The van der Waals surface area contributed by atoms with E-state index in [1.165, 1.54) is 12.8 Å². The zero-order valence-electron chi connectivity index (χ0n) is 11.2. The maximum Gasteiger partial charge on any atom is 0.253 e. The molecule has 102 valence electrons. The second-order valence-electron chi connectivity index (χ2n) is 5.64. The van der Waals surface area contributed by atoms with E-state index in [1.54, 1.807) is 0 Å². The summed E-state index contributed by atoms with van der Waals surface area (Å²) in [6, 6.07) is 8.74. The fourth-order valence-corrected chi connectivity index (χ4v) is 3.54. The van der Waals surface area contributed by atoms with Gasteiger partial charge in [-0.05, 0) is 44.5 Å². The molecule has 1 aromatic carbocycles. The number of likely N-dealkylation sites (N-methyl/N-ethyl adjacent to an activating group) is 1. The molecule has 0 spiro atoms. The number of benzene rings is 1. The van der Waals surface area contributed by atoms with Crippen molar-refractivity contribution in [1.29, 1.82) is 0 Å². The van der Waals surface area contributed by atoms with E-state index in [-0.39, 0.29) is 5.91 Å². The number of nitrogens with zero attached hydrogens (tertiary/aromatic N) is 2. The number of fused-ring (bicyclic) bond motifs is 2. The van der Waals surface area contributed by atoms with Gasteiger partial charge in [-0.3, -0.25) is 9.69 Å². The molecule has 2 bridgehead atoms. The van der Waals surface area contributed by atoms with Crippen LogP contribution in [0.15, 0.2) is 29.2 Å². The summed E-state index contributed by atoms with van der Waals surface area (Å²) in [4.78, 5) is 17.9. The van der Waals surface area contributed by atoms with Crippen molar-refractivity contribution in [1.82, 2.24) is 9.80 Å². The van der Waals surface area contributed by atoms with E-state index in [4.69, 9.17) is 0 Å². The molecule has 3 nitrogen and oxygen atoms in total. The molecule has 2 aliphatic rings. The van der Waals surface area contributed by atoms with Gasteiger partial charge in [-0.15, -0.1) is 12.6 Å². The number of carbonyl (C=O) groups excluding carboxylic acids is 1. The van der Waals surface area contributed by atoms with Crippen LogP contribution in [-0.2, 0) is 0 Å². The zero-order chi connectivity index (χ0) is 13.4. The molecule has 0 aromatic heterocycles. The Hall–Kier alpha value is -1.00. The van der Waals surface area contributed by atoms with E-state index in [1.807, 2.05) is 29.2 Å². The number of likely N-dealkylation sites (tertiary alicyclic amines) is 1. The van der Waals surface area contributed by atoms with Crippen molar-refractivity contribution in [2.24, 2.45) is 0 Å². The first-order chi connectivity index (χ1) is 9.15. The van der Waals surface area contributed by atoms with Crippen LogP contribution in [0.2, 0.25) is 0 Å². The third kappa shape index (κ3) is 2.51. The lowest BCUT2D eigenvalue weighted by molar-refractivity contribution is 0.0740. The molecule has 1 amide bonds. The van der Waals surface area contributed by atoms with Gasteiger partial charge in [0.15, 0.2) is 0 Å². The number of amides is 1. The third-order valence-corrected chi connectivity index (χ3v) is 4.81. The Morgan fingerprint density at radius 1 is 1.26 bits per heavy atom. The molecule has 19 heavy (non-hydrogen) atoms. The molecule has 2 unspecified atom stereocenters. The highest BCUT2D eigenvalue weighted by atomic mass is 32.1. The van der Waals surface area contributed by atoms with Gasteiger partial charge in [0.2, 0.25) is 0 Å². The standard InChI is InChI=1S/C15H20N2OS/c1-16-12-5-6-13(16)10-17(8-7-12)15(18)11-3-2-4-14(19)9-11/h2-4,9,12-13,19H,5-8,10H2,1H3. The molecule has 4 heteroatoms. The lowest BCUT2D eigenvalue weighted by Crippen LogP contribution is -2.39. The van der Waals surface area contributed by atoms with Crippen molar-refractivity contribution in [3.05, 3.63) is 29.8 Å². The van der Waals surface area contributed by atoms with Gasteiger partial charge >= 0.3 is 0 Å². The Morgan fingerprint density at radius 2 is 2.05 bits per heavy atom. The Balaban J connectivity index is 1.77. The fraction of sp³-hybridized carbons (Fsp3) is 0.533. The van der Waals surface area contributed by atoms with Crippen molar-refractivity contribution in [2.75, 3.05) is 20.1 Å². The molecular formula is C15H20N2OS. The highest BCUT2D eigenvalue weighted by Gasteiger charge is 2.36. The van der Waals surface area contributed by atoms with E-state index < -0.39 is 0 Å². The summed E-state index contributed by atoms with van der Waals surface area (Å²) in [7, 11) is 2.20. The third-order valence-electron chi connectivity index (χ3n) is 4.53. The topological polar surface area (TPSA) is 23.6 Å². The van der Waals surface area contributed by atoms with Crippen LogP contribution in [0.25, 0.3) is 0 Å². The molecule has 3 rings (SSSR count). The Labute approximate surface area is 120 Å². The molecule has 0 saturated carbocycles. The first-order valence-electron chi connectivity index (χ1n) is 6.95. The molecule has 2 atom stereocenters. The summed E-state index contributed by atoms with van der Waals surface area (Å²) < 4.78 is 0. The molecule has 0 N–H and O–H groups in total. The van der Waals surface area contributed by atoms with E-state index >= 15 is 0 Å². The Kier molecular flexibility index (Phi) is 3.54. The molecule has 2 heterocycles. The monoisotopic (exact) mass is 276 g/mol. The second kappa shape index (κ2) is 5.17. The quantitative estimate of drug-likeness (QED) is 0.796. The van der Waals surface area contributed by atoms with Gasteiger partial charge in [-0.25, -0.2) is 0 Å². The predicted molar refractivity (Wildman–Crippen MR) is 78.8 cm³/mol. The van der Waals surface area contributed by atoms with E-state index in [0.29, 0.717) is 12.1 Å². The maximum atomic E-state index is 12.6. The summed E-state index contributed by atoms with van der Waals surface area (Å²) in [6.07, 6.45) is 3.60. The Morgan fingerprint density at radius 3 is 2.84 bits per heavy atom. The van der Waals surface area contributed by atoms with Crippen molar-refractivity contribution < 1.29 is 4.79 Å². The minimum Gasteiger partial charge on any atom is -0.337 e. The van der Waals surface area contributed by atoms with Crippen molar-refractivity contribution in [3.8, 4) is 0 Å². The van der Waals surface area contributed by atoms with Crippen molar-refractivity contribution in [2.45, 2.75) is 36.2 Å². The molecule has 0 aliphatic carbocycles. The number of rotatable bonds is 1. The Bertz CT molecular complexity index is 491. The van der Waals surface area contributed by atoms with Crippen LogP contribution in [0, 0.1) is 0 Å². The average Bonchev–Trinajstić information content (AvgIpc) is 2.62. The van der Waals surface area contributed by atoms with Gasteiger partial charge in [0.25, 0.3) is 5.91 Å². The van der Waals surface area contributed by atoms with Crippen LogP contribution >= 0.6 is 12.6 Å². The molecule has 2 aliphatic heterocycles. The van der Waals surface area contributed by atoms with E-state index in [9.17, 15) is 4.79 Å². The normalized spacial score (nSPS) is 27.4. The van der Waals surface area contributed by atoms with Crippen LogP contribution in [0.5, 0.6) is 0 Å². The number of hydrogen-bond donors (Lipinski definition) is 1. The summed E-state index contributed by atoms with van der Waals surface area (Å²) in [5.41, 5.74) is 0.757. The van der Waals surface area contributed by atoms with Gasteiger partial charge in [-0.2, -0.15) is 0 Å². The lowest BCUT2D eigenvalue weighted by Gasteiger charge is -2.26. The van der Waals surface area contributed by atoms with E-state index in [0.717, 1.165) is 30.0 Å². The molecular weight excluding hydrogens is 256 g/mol. The fourth-order valence-electron chi connectivity index (χ4n) is 3.31. The minimum atomic E-state index is 0.150. The van der Waals surface area contributed by atoms with E-state index in [2.05, 4.69) is 24.6 Å². The van der Waals surface area contributed by atoms with Crippen molar-refractivity contribution in [3.63, 3.8) is 0 Å². The van der Waals surface area contributed by atoms with Crippen LogP contribution in [0.3, 0.4) is 0 Å². The molecule has 0 radical (unpaired) electrons. The molecule has 2 fully saturated rings. The highest BCUT2D eigenvalue weighted by Crippen LogP contribution is 2.29. The number of hydrogen-bond acceptors (Lipinski definition) is 3. The highest BCUT2D eigenvalue weighted by molar-refractivity contribution is 7.80.